The highest BCUT2D eigenvalue weighted by Gasteiger charge is 2.26. The van der Waals surface area contributed by atoms with Crippen LogP contribution in [0.3, 0.4) is 0 Å². The highest BCUT2D eigenvalue weighted by molar-refractivity contribution is 5.51. The lowest BCUT2D eigenvalue weighted by molar-refractivity contribution is 0.276. The van der Waals surface area contributed by atoms with E-state index in [2.05, 4.69) is 34.9 Å². The van der Waals surface area contributed by atoms with Gasteiger partial charge in [-0.2, -0.15) is 5.10 Å². The van der Waals surface area contributed by atoms with Crippen molar-refractivity contribution in [2.75, 3.05) is 7.11 Å². The minimum absolute atomic E-state index is 0.310. The third-order valence-electron chi connectivity index (χ3n) is 4.39. The van der Waals surface area contributed by atoms with Crippen molar-refractivity contribution in [3.05, 3.63) is 48.4 Å². The van der Waals surface area contributed by atoms with Crippen molar-refractivity contribution in [3.63, 3.8) is 0 Å². The molecule has 25 heavy (non-hydrogen) atoms. The summed E-state index contributed by atoms with van der Waals surface area (Å²) in [6, 6.07) is 12.4. The summed E-state index contributed by atoms with van der Waals surface area (Å²) in [5.41, 5.74) is 1.13. The first kappa shape index (κ1) is 15.7. The molecule has 2 heterocycles. The molecule has 0 bridgehead atoms. The number of methoxy groups -OCH3 is 1. The fourth-order valence-electron chi connectivity index (χ4n) is 2.99. The molecule has 0 spiro atoms. The van der Waals surface area contributed by atoms with Crippen LogP contribution in [0.15, 0.2) is 42.6 Å². The van der Waals surface area contributed by atoms with E-state index < -0.39 is 0 Å². The maximum absolute atomic E-state index is 5.86. The molecule has 0 aliphatic heterocycles. The summed E-state index contributed by atoms with van der Waals surface area (Å²) in [5.74, 6) is 2.98. The fourth-order valence-corrected chi connectivity index (χ4v) is 2.99. The van der Waals surface area contributed by atoms with Gasteiger partial charge in [-0.05, 0) is 44.0 Å². The van der Waals surface area contributed by atoms with Crippen molar-refractivity contribution in [2.45, 2.75) is 39.0 Å². The summed E-state index contributed by atoms with van der Waals surface area (Å²) in [7, 11) is 1.64. The van der Waals surface area contributed by atoms with Gasteiger partial charge in [0.05, 0.1) is 12.8 Å². The Hall–Kier alpha value is -2.76. The molecule has 6 nitrogen and oxygen atoms in total. The molecule has 1 aromatic carbocycles. The van der Waals surface area contributed by atoms with Crippen LogP contribution in [0.5, 0.6) is 11.5 Å². The van der Waals surface area contributed by atoms with E-state index in [1.165, 1.54) is 12.8 Å². The minimum Gasteiger partial charge on any atom is -0.493 e. The monoisotopic (exact) mass is 338 g/mol. The van der Waals surface area contributed by atoms with Crippen LogP contribution in [0.4, 0.5) is 0 Å². The molecule has 130 valence electrons. The SMILES string of the molecule is CCn1nc(COc2ccccc2OC)nc1-c1cccn1C1CC1. The molecule has 0 atom stereocenters. The summed E-state index contributed by atoms with van der Waals surface area (Å²) in [5, 5.41) is 4.60. The Bertz CT molecular complexity index is 864. The Morgan fingerprint density at radius 1 is 1.12 bits per heavy atom. The van der Waals surface area contributed by atoms with E-state index in [0.29, 0.717) is 30.0 Å². The number of para-hydroxylation sites is 2. The zero-order chi connectivity index (χ0) is 17.2. The highest BCUT2D eigenvalue weighted by Crippen LogP contribution is 2.38. The molecule has 1 saturated carbocycles. The average Bonchev–Trinajstić information content (AvgIpc) is 3.23. The third-order valence-corrected chi connectivity index (χ3v) is 4.39. The van der Waals surface area contributed by atoms with E-state index in [4.69, 9.17) is 14.5 Å². The molecule has 2 aromatic heterocycles. The predicted octanol–water partition coefficient (Wildman–Crippen LogP) is 3.69. The van der Waals surface area contributed by atoms with Gasteiger partial charge >= 0.3 is 0 Å². The van der Waals surface area contributed by atoms with Crippen molar-refractivity contribution in [1.82, 2.24) is 19.3 Å². The largest absolute Gasteiger partial charge is 0.493 e. The second kappa shape index (κ2) is 6.63. The molecule has 1 aliphatic rings. The molecule has 0 unspecified atom stereocenters. The number of hydrogen-bond donors (Lipinski definition) is 0. The van der Waals surface area contributed by atoms with Crippen molar-refractivity contribution in [3.8, 4) is 23.0 Å². The molecule has 1 fully saturated rings. The van der Waals surface area contributed by atoms with Crippen LogP contribution in [-0.4, -0.2) is 26.4 Å². The summed E-state index contributed by atoms with van der Waals surface area (Å²) in [4.78, 5) is 4.73. The van der Waals surface area contributed by atoms with Crippen LogP contribution in [0.1, 0.15) is 31.6 Å². The standard InChI is InChI=1S/C19H22N4O2/c1-3-23-19(15-7-6-12-22(15)14-10-11-14)20-18(21-23)13-25-17-9-5-4-8-16(17)24-2/h4-9,12,14H,3,10-11,13H2,1-2H3. The van der Waals surface area contributed by atoms with Crippen molar-refractivity contribution in [2.24, 2.45) is 0 Å². The van der Waals surface area contributed by atoms with Crippen LogP contribution in [0.2, 0.25) is 0 Å². The number of hydrogen-bond acceptors (Lipinski definition) is 4. The third kappa shape index (κ3) is 3.12. The van der Waals surface area contributed by atoms with E-state index in [-0.39, 0.29) is 0 Å². The lowest BCUT2D eigenvalue weighted by Gasteiger charge is -2.08. The van der Waals surface area contributed by atoms with Gasteiger partial charge in [-0.1, -0.05) is 12.1 Å². The summed E-state index contributed by atoms with van der Waals surface area (Å²) >= 11 is 0. The lowest BCUT2D eigenvalue weighted by atomic mass is 10.3. The van der Waals surface area contributed by atoms with Crippen LogP contribution in [0.25, 0.3) is 11.5 Å². The molecule has 1 aliphatic carbocycles. The minimum atomic E-state index is 0.310. The topological polar surface area (TPSA) is 54.1 Å². The Labute approximate surface area is 147 Å². The van der Waals surface area contributed by atoms with Gasteiger partial charge in [-0.3, -0.25) is 0 Å². The van der Waals surface area contributed by atoms with Gasteiger partial charge in [0, 0.05) is 18.8 Å². The molecule has 3 aromatic rings. The van der Waals surface area contributed by atoms with E-state index in [9.17, 15) is 0 Å². The number of ether oxygens (including phenoxy) is 2. The molecule has 6 heteroatoms. The fraction of sp³-hybridized carbons (Fsp3) is 0.368. The van der Waals surface area contributed by atoms with E-state index >= 15 is 0 Å². The molecule has 4 rings (SSSR count). The maximum atomic E-state index is 5.86. The number of rotatable bonds is 7. The van der Waals surface area contributed by atoms with Crippen LogP contribution in [0, 0.1) is 0 Å². The first-order chi connectivity index (χ1) is 12.3. The first-order valence-corrected chi connectivity index (χ1v) is 8.67. The van der Waals surface area contributed by atoms with Gasteiger partial charge in [0.2, 0.25) is 0 Å². The first-order valence-electron chi connectivity index (χ1n) is 8.67. The van der Waals surface area contributed by atoms with Gasteiger partial charge in [-0.25, -0.2) is 9.67 Å². The van der Waals surface area contributed by atoms with Crippen molar-refractivity contribution in [1.29, 1.82) is 0 Å². The Balaban J connectivity index is 1.57. The van der Waals surface area contributed by atoms with Gasteiger partial charge in [0.15, 0.2) is 23.1 Å². The van der Waals surface area contributed by atoms with Crippen LogP contribution in [-0.2, 0) is 13.2 Å². The van der Waals surface area contributed by atoms with Crippen molar-refractivity contribution >= 4 is 0 Å². The summed E-state index contributed by atoms with van der Waals surface area (Å²) in [6.07, 6.45) is 4.62. The lowest BCUT2D eigenvalue weighted by Crippen LogP contribution is -2.04. The molecular weight excluding hydrogens is 316 g/mol. The molecular formula is C19H22N4O2. The Kier molecular flexibility index (Phi) is 4.17. The normalized spacial score (nSPS) is 13.8. The van der Waals surface area contributed by atoms with Crippen molar-refractivity contribution < 1.29 is 9.47 Å². The van der Waals surface area contributed by atoms with E-state index in [1.54, 1.807) is 7.11 Å². The quantitative estimate of drug-likeness (QED) is 0.659. The van der Waals surface area contributed by atoms with Gasteiger partial charge in [0.1, 0.15) is 6.61 Å². The predicted molar refractivity (Wildman–Crippen MR) is 94.7 cm³/mol. The number of nitrogens with zero attached hydrogens (tertiary/aromatic N) is 4. The maximum Gasteiger partial charge on any atom is 0.188 e. The molecule has 0 saturated heterocycles. The second-order valence-electron chi connectivity index (χ2n) is 6.14. The Morgan fingerprint density at radius 3 is 2.64 bits per heavy atom. The van der Waals surface area contributed by atoms with E-state index in [0.717, 1.165) is 18.1 Å². The zero-order valence-electron chi connectivity index (χ0n) is 14.6. The number of aromatic nitrogens is 4. The van der Waals surface area contributed by atoms with Gasteiger partial charge < -0.3 is 14.0 Å². The zero-order valence-corrected chi connectivity index (χ0v) is 14.6. The van der Waals surface area contributed by atoms with Crippen LogP contribution < -0.4 is 9.47 Å². The molecule has 0 radical (unpaired) electrons. The highest BCUT2D eigenvalue weighted by atomic mass is 16.5. The summed E-state index contributed by atoms with van der Waals surface area (Å²) in [6.45, 7) is 3.16. The van der Waals surface area contributed by atoms with Gasteiger partial charge in [0.25, 0.3) is 0 Å². The van der Waals surface area contributed by atoms with Crippen LogP contribution >= 0.6 is 0 Å². The number of aryl methyl sites for hydroxylation is 1. The van der Waals surface area contributed by atoms with E-state index in [1.807, 2.05) is 28.9 Å². The molecule has 0 N–H and O–H groups in total. The number of benzene rings is 1. The average molecular weight is 338 g/mol. The smallest absolute Gasteiger partial charge is 0.188 e. The summed E-state index contributed by atoms with van der Waals surface area (Å²) < 4.78 is 15.4. The Morgan fingerprint density at radius 2 is 1.92 bits per heavy atom. The second-order valence-corrected chi connectivity index (χ2v) is 6.14. The van der Waals surface area contributed by atoms with Gasteiger partial charge in [-0.15, -0.1) is 0 Å². The molecule has 0 amide bonds.